The third kappa shape index (κ3) is 4.02. The van der Waals surface area contributed by atoms with Gasteiger partial charge in [0.1, 0.15) is 12.4 Å². The SMILES string of the molecule is COc1cc(C[NH+]2CCN(c3ccc(F)cc3)CC2)cc(OC)c1OC. The van der Waals surface area contributed by atoms with E-state index in [-0.39, 0.29) is 5.82 Å². The standard InChI is InChI=1S/C20H25FN2O3/c1-24-18-12-15(13-19(25-2)20(18)26-3)14-22-8-10-23(11-9-22)17-6-4-16(21)5-7-17/h4-7,12-13H,8-11,14H2,1-3H3/p+1. The Morgan fingerprint density at radius 2 is 1.50 bits per heavy atom. The highest BCUT2D eigenvalue weighted by Gasteiger charge is 2.22. The number of methoxy groups -OCH3 is 3. The third-order valence-electron chi connectivity index (χ3n) is 4.84. The first-order valence-corrected chi connectivity index (χ1v) is 8.77. The number of ether oxygens (including phenoxy) is 3. The number of rotatable bonds is 6. The first kappa shape index (κ1) is 18.3. The molecule has 0 amide bonds. The second-order valence-electron chi connectivity index (χ2n) is 6.42. The third-order valence-corrected chi connectivity index (χ3v) is 4.84. The maximum atomic E-state index is 13.1. The van der Waals surface area contributed by atoms with Gasteiger partial charge in [0.05, 0.1) is 47.5 Å². The molecular weight excluding hydrogens is 335 g/mol. The van der Waals surface area contributed by atoms with E-state index >= 15 is 0 Å². The van der Waals surface area contributed by atoms with Gasteiger partial charge in [-0.25, -0.2) is 4.39 Å². The van der Waals surface area contributed by atoms with Crippen molar-refractivity contribution in [2.45, 2.75) is 6.54 Å². The summed E-state index contributed by atoms with van der Waals surface area (Å²) in [5, 5.41) is 0. The predicted molar refractivity (Wildman–Crippen MR) is 99.1 cm³/mol. The van der Waals surface area contributed by atoms with Gasteiger partial charge < -0.3 is 24.0 Å². The van der Waals surface area contributed by atoms with Crippen LogP contribution in [0, 0.1) is 5.82 Å². The molecule has 2 aromatic carbocycles. The number of nitrogens with zero attached hydrogens (tertiary/aromatic N) is 1. The topological polar surface area (TPSA) is 35.4 Å². The molecule has 0 saturated carbocycles. The summed E-state index contributed by atoms with van der Waals surface area (Å²) in [6, 6.07) is 10.8. The summed E-state index contributed by atoms with van der Waals surface area (Å²) in [5.74, 6) is 1.80. The minimum atomic E-state index is -0.194. The first-order chi connectivity index (χ1) is 12.6. The smallest absolute Gasteiger partial charge is 0.203 e. The van der Waals surface area contributed by atoms with Gasteiger partial charge in [0, 0.05) is 11.3 Å². The van der Waals surface area contributed by atoms with Crippen molar-refractivity contribution in [3.05, 3.63) is 47.8 Å². The van der Waals surface area contributed by atoms with Crippen LogP contribution in [-0.2, 0) is 6.54 Å². The molecule has 1 N–H and O–H groups in total. The second kappa shape index (κ2) is 8.27. The Balaban J connectivity index is 1.65. The van der Waals surface area contributed by atoms with Crippen LogP contribution in [0.5, 0.6) is 17.2 Å². The van der Waals surface area contributed by atoms with E-state index in [1.54, 1.807) is 21.3 Å². The number of halogens is 1. The molecule has 3 rings (SSSR count). The summed E-state index contributed by atoms with van der Waals surface area (Å²) in [6.45, 7) is 4.84. The summed E-state index contributed by atoms with van der Waals surface area (Å²) >= 11 is 0. The molecule has 0 aliphatic carbocycles. The van der Waals surface area contributed by atoms with Crippen LogP contribution >= 0.6 is 0 Å². The molecule has 1 heterocycles. The summed E-state index contributed by atoms with van der Waals surface area (Å²) in [4.78, 5) is 3.80. The largest absolute Gasteiger partial charge is 0.493 e. The van der Waals surface area contributed by atoms with Crippen molar-refractivity contribution in [1.29, 1.82) is 0 Å². The van der Waals surface area contributed by atoms with E-state index in [9.17, 15) is 4.39 Å². The van der Waals surface area contributed by atoms with Gasteiger partial charge in [-0.1, -0.05) is 0 Å². The van der Waals surface area contributed by atoms with Crippen LogP contribution in [0.25, 0.3) is 0 Å². The number of quaternary nitrogens is 1. The maximum absolute atomic E-state index is 13.1. The quantitative estimate of drug-likeness (QED) is 0.851. The Morgan fingerprint density at radius 1 is 0.923 bits per heavy atom. The molecule has 0 spiro atoms. The normalized spacial score (nSPS) is 15.0. The van der Waals surface area contributed by atoms with E-state index in [4.69, 9.17) is 14.2 Å². The number of hydrogen-bond acceptors (Lipinski definition) is 4. The number of benzene rings is 2. The summed E-state index contributed by atoms with van der Waals surface area (Å²) in [5.41, 5.74) is 2.24. The van der Waals surface area contributed by atoms with Crippen LogP contribution in [0.2, 0.25) is 0 Å². The maximum Gasteiger partial charge on any atom is 0.203 e. The molecule has 0 aromatic heterocycles. The van der Waals surface area contributed by atoms with Crippen LogP contribution in [0.3, 0.4) is 0 Å². The average molecular weight is 361 g/mol. The second-order valence-corrected chi connectivity index (χ2v) is 6.42. The molecule has 2 aromatic rings. The van der Waals surface area contributed by atoms with Crippen molar-refractivity contribution in [2.75, 3.05) is 52.4 Å². The lowest BCUT2D eigenvalue weighted by molar-refractivity contribution is -0.914. The first-order valence-electron chi connectivity index (χ1n) is 8.77. The highest BCUT2D eigenvalue weighted by molar-refractivity contribution is 5.53. The van der Waals surface area contributed by atoms with Crippen LogP contribution in [0.4, 0.5) is 10.1 Å². The molecule has 1 aliphatic heterocycles. The van der Waals surface area contributed by atoms with Gasteiger partial charge in [-0.2, -0.15) is 0 Å². The molecule has 0 atom stereocenters. The number of anilines is 1. The van der Waals surface area contributed by atoms with Crippen LogP contribution < -0.4 is 24.0 Å². The summed E-state index contributed by atoms with van der Waals surface area (Å²) in [6.07, 6.45) is 0. The van der Waals surface area contributed by atoms with E-state index in [2.05, 4.69) is 4.90 Å². The van der Waals surface area contributed by atoms with E-state index in [0.29, 0.717) is 17.2 Å². The minimum absolute atomic E-state index is 0.194. The molecule has 1 fully saturated rings. The Morgan fingerprint density at radius 3 is 2.00 bits per heavy atom. The Kier molecular flexibility index (Phi) is 5.83. The van der Waals surface area contributed by atoms with E-state index in [1.807, 2.05) is 24.3 Å². The van der Waals surface area contributed by atoms with E-state index < -0.39 is 0 Å². The number of hydrogen-bond donors (Lipinski definition) is 1. The van der Waals surface area contributed by atoms with Crippen molar-refractivity contribution in [1.82, 2.24) is 0 Å². The van der Waals surface area contributed by atoms with E-state index in [0.717, 1.165) is 44.0 Å². The zero-order chi connectivity index (χ0) is 18.5. The Bertz CT molecular complexity index is 703. The summed E-state index contributed by atoms with van der Waals surface area (Å²) in [7, 11) is 4.88. The molecule has 6 heteroatoms. The fourth-order valence-electron chi connectivity index (χ4n) is 3.44. The van der Waals surface area contributed by atoms with Gasteiger partial charge in [-0.3, -0.25) is 0 Å². The monoisotopic (exact) mass is 361 g/mol. The van der Waals surface area contributed by atoms with Gasteiger partial charge in [0.15, 0.2) is 11.5 Å². The highest BCUT2D eigenvalue weighted by Crippen LogP contribution is 2.38. The fraction of sp³-hybridized carbons (Fsp3) is 0.400. The average Bonchev–Trinajstić information content (AvgIpc) is 2.68. The van der Waals surface area contributed by atoms with Crippen LogP contribution in [0.15, 0.2) is 36.4 Å². The Hall–Kier alpha value is -2.47. The van der Waals surface area contributed by atoms with Crippen LogP contribution in [0.1, 0.15) is 5.56 Å². The fourth-order valence-corrected chi connectivity index (χ4v) is 3.44. The van der Waals surface area contributed by atoms with Crippen molar-refractivity contribution in [3.8, 4) is 17.2 Å². The van der Waals surface area contributed by atoms with Crippen molar-refractivity contribution in [3.63, 3.8) is 0 Å². The zero-order valence-corrected chi connectivity index (χ0v) is 15.5. The molecule has 140 valence electrons. The lowest BCUT2D eigenvalue weighted by atomic mass is 10.1. The lowest BCUT2D eigenvalue weighted by Crippen LogP contribution is -3.13. The Labute approximate surface area is 153 Å². The summed E-state index contributed by atoms with van der Waals surface area (Å²) < 4.78 is 29.3. The molecule has 1 saturated heterocycles. The molecule has 5 nitrogen and oxygen atoms in total. The molecule has 26 heavy (non-hydrogen) atoms. The highest BCUT2D eigenvalue weighted by atomic mass is 19.1. The van der Waals surface area contributed by atoms with Crippen molar-refractivity contribution >= 4 is 5.69 Å². The molecule has 1 aliphatic rings. The lowest BCUT2D eigenvalue weighted by Gasteiger charge is -2.33. The van der Waals surface area contributed by atoms with Gasteiger partial charge >= 0.3 is 0 Å². The predicted octanol–water partition coefficient (Wildman–Crippen LogP) is 1.76. The van der Waals surface area contributed by atoms with Gasteiger partial charge in [-0.15, -0.1) is 0 Å². The number of piperazine rings is 1. The molecule has 0 unspecified atom stereocenters. The van der Waals surface area contributed by atoms with Crippen molar-refractivity contribution in [2.24, 2.45) is 0 Å². The van der Waals surface area contributed by atoms with E-state index in [1.165, 1.54) is 17.0 Å². The van der Waals surface area contributed by atoms with Crippen molar-refractivity contribution < 1.29 is 23.5 Å². The zero-order valence-electron chi connectivity index (χ0n) is 15.5. The molecule has 0 radical (unpaired) electrons. The minimum Gasteiger partial charge on any atom is -0.493 e. The van der Waals surface area contributed by atoms with Gasteiger partial charge in [0.25, 0.3) is 0 Å². The van der Waals surface area contributed by atoms with Crippen LogP contribution in [-0.4, -0.2) is 47.5 Å². The number of nitrogens with one attached hydrogen (secondary N) is 1. The van der Waals surface area contributed by atoms with Gasteiger partial charge in [0.2, 0.25) is 5.75 Å². The van der Waals surface area contributed by atoms with Gasteiger partial charge in [-0.05, 0) is 36.4 Å². The molecular formula is C20H26FN2O3+. The molecule has 0 bridgehead atoms.